The molecule has 1 amide bonds. The van der Waals surface area contributed by atoms with Crippen molar-refractivity contribution < 1.29 is 14.4 Å². The topological polar surface area (TPSA) is 59.9 Å². The number of hydrogen-bond donors (Lipinski definition) is 1. The lowest BCUT2D eigenvalue weighted by atomic mass is 10.1. The van der Waals surface area contributed by atoms with Crippen molar-refractivity contribution in [2.45, 2.75) is 13.8 Å². The molecular weight excluding hydrogens is 292 g/mol. The van der Waals surface area contributed by atoms with E-state index in [1.165, 1.54) is 12.7 Å². The van der Waals surface area contributed by atoms with E-state index in [4.69, 9.17) is 9.57 Å². The van der Waals surface area contributed by atoms with Crippen molar-refractivity contribution >= 4 is 11.6 Å². The van der Waals surface area contributed by atoms with Crippen LogP contribution in [0.1, 0.15) is 16.7 Å². The molecule has 0 spiro atoms. The minimum absolute atomic E-state index is 0.162. The van der Waals surface area contributed by atoms with Crippen LogP contribution < -0.4 is 10.1 Å². The average molecular weight is 312 g/mol. The third kappa shape index (κ3) is 3.88. The van der Waals surface area contributed by atoms with E-state index in [9.17, 15) is 4.79 Å². The second-order valence-corrected chi connectivity index (χ2v) is 5.05. The second kappa shape index (κ2) is 7.45. The van der Waals surface area contributed by atoms with Gasteiger partial charge in [-0.25, -0.2) is 0 Å². The number of rotatable bonds is 5. The number of benzene rings is 2. The Balaban J connectivity index is 2.42. The number of amides is 1. The number of oxime groups is 1. The minimum atomic E-state index is -0.344. The van der Waals surface area contributed by atoms with Gasteiger partial charge in [-0.1, -0.05) is 23.4 Å². The molecular formula is C18H20N2O3. The molecule has 1 N–H and O–H groups in total. The molecule has 0 saturated heterocycles. The van der Waals surface area contributed by atoms with Gasteiger partial charge in [0.05, 0.1) is 5.56 Å². The van der Waals surface area contributed by atoms with E-state index in [0.29, 0.717) is 17.1 Å². The van der Waals surface area contributed by atoms with Crippen LogP contribution in [0, 0.1) is 13.8 Å². The van der Waals surface area contributed by atoms with Crippen LogP contribution in [0.5, 0.6) is 11.5 Å². The third-order valence-corrected chi connectivity index (χ3v) is 3.47. The van der Waals surface area contributed by atoms with Gasteiger partial charge in [0.2, 0.25) is 0 Å². The number of para-hydroxylation sites is 1. The van der Waals surface area contributed by atoms with Crippen LogP contribution in [0.25, 0.3) is 0 Å². The van der Waals surface area contributed by atoms with Crippen LogP contribution in [0.2, 0.25) is 0 Å². The molecule has 0 saturated carbocycles. The van der Waals surface area contributed by atoms with Crippen molar-refractivity contribution in [3.63, 3.8) is 0 Å². The Kier molecular flexibility index (Phi) is 5.36. The van der Waals surface area contributed by atoms with Crippen molar-refractivity contribution in [1.29, 1.82) is 0 Å². The molecule has 0 aliphatic carbocycles. The van der Waals surface area contributed by atoms with Gasteiger partial charge in [0.1, 0.15) is 18.6 Å². The summed E-state index contributed by atoms with van der Waals surface area (Å²) in [7, 11) is 2.94. The fraction of sp³-hybridized carbons (Fsp3) is 0.222. The summed E-state index contributed by atoms with van der Waals surface area (Å²) < 4.78 is 5.95. The number of nitrogens with zero attached hydrogens (tertiary/aromatic N) is 1. The normalized spacial score (nSPS) is 11.0. The predicted molar refractivity (Wildman–Crippen MR) is 90.0 cm³/mol. The Hall–Kier alpha value is -2.82. The number of ether oxygens (including phenoxy) is 1. The highest BCUT2D eigenvalue weighted by Gasteiger charge is 2.18. The van der Waals surface area contributed by atoms with Crippen LogP contribution in [0.3, 0.4) is 0 Å². The number of nitrogens with one attached hydrogen (secondary N) is 1. The first-order chi connectivity index (χ1) is 11.1. The van der Waals surface area contributed by atoms with Crippen molar-refractivity contribution in [2.75, 3.05) is 14.2 Å². The van der Waals surface area contributed by atoms with Crippen molar-refractivity contribution in [3.05, 3.63) is 59.2 Å². The summed E-state index contributed by atoms with van der Waals surface area (Å²) in [4.78, 5) is 16.8. The molecule has 0 aliphatic rings. The molecule has 0 bridgehead atoms. The lowest BCUT2D eigenvalue weighted by molar-refractivity contribution is -0.114. The van der Waals surface area contributed by atoms with Gasteiger partial charge in [0.25, 0.3) is 5.91 Å². The third-order valence-electron chi connectivity index (χ3n) is 3.47. The van der Waals surface area contributed by atoms with E-state index in [2.05, 4.69) is 10.5 Å². The van der Waals surface area contributed by atoms with Crippen molar-refractivity contribution in [3.8, 4) is 11.5 Å². The maximum Gasteiger partial charge on any atom is 0.273 e. The standard InChI is InChI=1S/C18H20N2O3/c1-12-9-10-14(11-13(12)2)23-16-8-6-5-7-15(16)17(20-22-4)18(21)19-3/h5-11H,1-4H3,(H,19,21)/b20-17-. The van der Waals surface area contributed by atoms with Gasteiger partial charge in [-0.05, 0) is 49.2 Å². The maximum absolute atomic E-state index is 12.0. The highest BCUT2D eigenvalue weighted by atomic mass is 16.6. The zero-order valence-electron chi connectivity index (χ0n) is 13.7. The summed E-state index contributed by atoms with van der Waals surface area (Å²) in [5, 5.41) is 6.37. The van der Waals surface area contributed by atoms with E-state index >= 15 is 0 Å². The highest BCUT2D eigenvalue weighted by Crippen LogP contribution is 2.27. The molecule has 2 aromatic carbocycles. The molecule has 5 heteroatoms. The zero-order valence-corrected chi connectivity index (χ0v) is 13.7. The Labute approximate surface area is 135 Å². The van der Waals surface area contributed by atoms with Crippen LogP contribution >= 0.6 is 0 Å². The molecule has 0 aliphatic heterocycles. The first-order valence-electron chi connectivity index (χ1n) is 7.24. The van der Waals surface area contributed by atoms with Gasteiger partial charge in [0.15, 0.2) is 5.71 Å². The van der Waals surface area contributed by atoms with Gasteiger partial charge in [-0.3, -0.25) is 4.79 Å². The SMILES string of the molecule is CNC(=O)/C(=N\OC)c1ccccc1Oc1ccc(C)c(C)c1. The summed E-state index contributed by atoms with van der Waals surface area (Å²) >= 11 is 0. The van der Waals surface area contributed by atoms with E-state index in [1.54, 1.807) is 19.2 Å². The molecule has 2 rings (SSSR count). The molecule has 0 atom stereocenters. The second-order valence-electron chi connectivity index (χ2n) is 5.05. The molecule has 0 radical (unpaired) electrons. The minimum Gasteiger partial charge on any atom is -0.457 e. The van der Waals surface area contributed by atoms with Gasteiger partial charge < -0.3 is 14.9 Å². The van der Waals surface area contributed by atoms with Gasteiger partial charge >= 0.3 is 0 Å². The van der Waals surface area contributed by atoms with Crippen molar-refractivity contribution in [2.24, 2.45) is 5.16 Å². The Morgan fingerprint density at radius 1 is 1.09 bits per heavy atom. The zero-order chi connectivity index (χ0) is 16.8. The fourth-order valence-electron chi connectivity index (χ4n) is 2.08. The number of aryl methyl sites for hydroxylation is 2. The Bertz CT molecular complexity index is 739. The van der Waals surface area contributed by atoms with Gasteiger partial charge in [-0.15, -0.1) is 0 Å². The lowest BCUT2D eigenvalue weighted by Gasteiger charge is -2.13. The molecule has 2 aromatic rings. The van der Waals surface area contributed by atoms with E-state index in [1.807, 2.05) is 44.2 Å². The molecule has 0 heterocycles. The van der Waals surface area contributed by atoms with Gasteiger partial charge in [0, 0.05) is 7.05 Å². The molecule has 0 unspecified atom stereocenters. The summed E-state index contributed by atoms with van der Waals surface area (Å²) in [5.41, 5.74) is 3.05. The Morgan fingerprint density at radius 3 is 2.48 bits per heavy atom. The van der Waals surface area contributed by atoms with Gasteiger partial charge in [-0.2, -0.15) is 0 Å². The first kappa shape index (κ1) is 16.5. The Morgan fingerprint density at radius 2 is 1.83 bits per heavy atom. The molecule has 5 nitrogen and oxygen atoms in total. The molecule has 23 heavy (non-hydrogen) atoms. The van der Waals surface area contributed by atoms with E-state index in [0.717, 1.165) is 5.56 Å². The van der Waals surface area contributed by atoms with E-state index < -0.39 is 0 Å². The number of hydrogen-bond acceptors (Lipinski definition) is 4. The van der Waals surface area contributed by atoms with Crippen molar-refractivity contribution in [1.82, 2.24) is 5.32 Å². The summed E-state index contributed by atoms with van der Waals surface area (Å²) in [6, 6.07) is 13.1. The van der Waals surface area contributed by atoms with Crippen LogP contribution in [0.4, 0.5) is 0 Å². The highest BCUT2D eigenvalue weighted by molar-refractivity contribution is 6.45. The number of carbonyl (C=O) groups is 1. The summed E-state index contributed by atoms with van der Waals surface area (Å²) in [6.45, 7) is 4.07. The molecule has 120 valence electrons. The number of carbonyl (C=O) groups excluding carboxylic acids is 1. The van der Waals surface area contributed by atoms with Crippen LogP contribution in [-0.2, 0) is 9.63 Å². The summed E-state index contributed by atoms with van der Waals surface area (Å²) in [5.74, 6) is 0.896. The average Bonchev–Trinajstić information content (AvgIpc) is 2.56. The van der Waals surface area contributed by atoms with Crippen LogP contribution in [-0.4, -0.2) is 25.8 Å². The largest absolute Gasteiger partial charge is 0.457 e. The molecule has 0 fully saturated rings. The monoisotopic (exact) mass is 312 g/mol. The smallest absolute Gasteiger partial charge is 0.273 e. The van der Waals surface area contributed by atoms with E-state index in [-0.39, 0.29) is 11.6 Å². The predicted octanol–water partition coefficient (Wildman–Crippen LogP) is 3.19. The van der Waals surface area contributed by atoms with Crippen LogP contribution in [0.15, 0.2) is 47.6 Å². The lowest BCUT2D eigenvalue weighted by Crippen LogP contribution is -2.28. The first-order valence-corrected chi connectivity index (χ1v) is 7.24. The maximum atomic E-state index is 12.0. The number of likely N-dealkylation sites (N-methyl/N-ethyl adjacent to an activating group) is 1. The summed E-state index contributed by atoms with van der Waals surface area (Å²) in [6.07, 6.45) is 0. The quantitative estimate of drug-likeness (QED) is 0.681. The molecule has 0 aromatic heterocycles. The fourth-order valence-corrected chi connectivity index (χ4v) is 2.08.